The molecule has 2 amide bonds. The predicted molar refractivity (Wildman–Crippen MR) is 158 cm³/mol. The van der Waals surface area contributed by atoms with Gasteiger partial charge >= 0.3 is 24.1 Å². The summed E-state index contributed by atoms with van der Waals surface area (Å²) in [5, 5.41) is 0. The van der Waals surface area contributed by atoms with Crippen molar-refractivity contribution in [3.05, 3.63) is 119 Å². The first-order chi connectivity index (χ1) is 21.5. The summed E-state index contributed by atoms with van der Waals surface area (Å²) in [5.74, 6) is -2.08. The maximum absolute atomic E-state index is 12.2. The Morgan fingerprint density at radius 3 is 1.09 bits per heavy atom. The molecule has 2 N–H and O–H groups in total. The van der Waals surface area contributed by atoms with Crippen LogP contribution in [0, 0.1) is 0 Å². The topological polar surface area (TPSA) is 129 Å². The maximum Gasteiger partial charge on any atom is 0.440 e. The highest BCUT2D eigenvalue weighted by atomic mass is 16.7. The van der Waals surface area contributed by atoms with Crippen molar-refractivity contribution in [2.75, 3.05) is 13.2 Å². The summed E-state index contributed by atoms with van der Waals surface area (Å²) >= 11 is 0. The smallest absolute Gasteiger partial charge is 0.440 e. The number of hydrogen-bond donors (Lipinski definition) is 2. The third-order valence-corrected chi connectivity index (χ3v) is 7.72. The molecular formula is C34H28N2O8. The molecule has 10 nitrogen and oxygen atoms in total. The van der Waals surface area contributed by atoms with Gasteiger partial charge in [-0.15, -0.1) is 11.0 Å². The second-order valence-electron chi connectivity index (χ2n) is 10.3. The highest BCUT2D eigenvalue weighted by Crippen LogP contribution is 2.45. The molecule has 0 saturated carbocycles. The molecule has 0 spiro atoms. The molecule has 0 aliphatic heterocycles. The van der Waals surface area contributed by atoms with Crippen LogP contribution in [0.4, 0.5) is 9.59 Å². The Bertz CT molecular complexity index is 1520. The molecule has 4 aromatic carbocycles. The van der Waals surface area contributed by atoms with Crippen molar-refractivity contribution >= 4 is 24.1 Å². The van der Waals surface area contributed by atoms with Crippen LogP contribution in [0.15, 0.2) is 97.1 Å². The van der Waals surface area contributed by atoms with E-state index in [9.17, 15) is 19.2 Å². The molecule has 222 valence electrons. The Labute approximate surface area is 252 Å². The van der Waals surface area contributed by atoms with E-state index in [1.54, 1.807) is 0 Å². The minimum atomic E-state index is -0.945. The van der Waals surface area contributed by atoms with E-state index in [1.807, 2.05) is 108 Å². The van der Waals surface area contributed by atoms with Crippen LogP contribution in [0.2, 0.25) is 0 Å². The lowest BCUT2D eigenvalue weighted by molar-refractivity contribution is -0.156. The molecule has 4 aromatic rings. The lowest BCUT2D eigenvalue weighted by Crippen LogP contribution is -2.30. The first-order valence-corrected chi connectivity index (χ1v) is 14.1. The first-order valence-electron chi connectivity index (χ1n) is 14.1. The standard InChI is InChI=1S/C34H28N2O8/c37-31(43-35-33(39)41-19-29-25-13-5-1-9-21(25)22-10-2-6-14-26(22)29)17-18-32(38)44-36-34(40)42-20-30-27-15-7-3-11-23(27)24-12-4-8-16-28(24)30/h1-16,29-30H,17-20H2,(H,35,39)(H,36,40). The molecule has 0 unspecified atom stereocenters. The SMILES string of the molecule is O=C(CCC(=O)ONC(=O)OCC1c2ccccc2-c2ccccc21)ONC(=O)OCC1c2ccccc2-c2ccccc21. The van der Waals surface area contributed by atoms with Gasteiger partial charge < -0.3 is 19.1 Å². The summed E-state index contributed by atoms with van der Waals surface area (Å²) in [6.45, 7) is 0.0938. The molecular weight excluding hydrogens is 564 g/mol. The zero-order valence-electron chi connectivity index (χ0n) is 23.5. The van der Waals surface area contributed by atoms with Gasteiger partial charge in [-0.2, -0.15) is 0 Å². The van der Waals surface area contributed by atoms with E-state index < -0.39 is 37.0 Å². The van der Waals surface area contributed by atoms with Crippen LogP contribution >= 0.6 is 0 Å². The van der Waals surface area contributed by atoms with Crippen LogP contribution in [0.1, 0.15) is 46.9 Å². The van der Waals surface area contributed by atoms with Gasteiger partial charge in [-0.05, 0) is 44.5 Å². The lowest BCUT2D eigenvalue weighted by atomic mass is 9.98. The van der Waals surface area contributed by atoms with Crippen LogP contribution < -0.4 is 11.0 Å². The Kier molecular flexibility index (Phi) is 8.22. The summed E-state index contributed by atoms with van der Waals surface area (Å²) in [4.78, 5) is 57.8. The summed E-state index contributed by atoms with van der Waals surface area (Å²) in [6, 6.07) is 31.6. The second kappa shape index (κ2) is 12.7. The van der Waals surface area contributed by atoms with Gasteiger partial charge in [0.2, 0.25) is 0 Å². The average Bonchev–Trinajstić information content (AvgIpc) is 3.56. The summed E-state index contributed by atoms with van der Waals surface area (Å²) in [5.41, 5.74) is 12.4. The van der Waals surface area contributed by atoms with Crippen LogP contribution in [0.25, 0.3) is 22.3 Å². The lowest BCUT2D eigenvalue weighted by Gasteiger charge is -2.14. The first kappa shape index (κ1) is 28.5. The van der Waals surface area contributed by atoms with Crippen molar-refractivity contribution in [3.8, 4) is 22.3 Å². The van der Waals surface area contributed by atoms with Gasteiger partial charge in [-0.3, -0.25) is 0 Å². The van der Waals surface area contributed by atoms with Gasteiger partial charge in [0.15, 0.2) is 0 Å². The zero-order valence-corrected chi connectivity index (χ0v) is 23.5. The molecule has 0 aromatic heterocycles. The number of rotatable bonds is 7. The number of nitrogens with one attached hydrogen (secondary N) is 2. The van der Waals surface area contributed by atoms with Crippen molar-refractivity contribution < 1.29 is 38.3 Å². The van der Waals surface area contributed by atoms with Gasteiger partial charge in [-0.1, -0.05) is 97.1 Å². The van der Waals surface area contributed by atoms with E-state index in [0.717, 1.165) is 44.5 Å². The van der Waals surface area contributed by atoms with Gasteiger partial charge in [0, 0.05) is 11.8 Å². The molecule has 0 atom stereocenters. The normalized spacial score (nSPS) is 12.6. The van der Waals surface area contributed by atoms with Gasteiger partial charge in [0.25, 0.3) is 0 Å². The molecule has 2 aliphatic carbocycles. The highest BCUT2D eigenvalue weighted by molar-refractivity contribution is 5.81. The Morgan fingerprint density at radius 1 is 0.477 bits per heavy atom. The second-order valence-corrected chi connectivity index (χ2v) is 10.3. The number of fused-ring (bicyclic) bond motifs is 6. The van der Waals surface area contributed by atoms with Crippen LogP contribution in [-0.2, 0) is 28.7 Å². The molecule has 0 radical (unpaired) electrons. The monoisotopic (exact) mass is 592 g/mol. The quantitative estimate of drug-likeness (QED) is 0.205. The predicted octanol–water partition coefficient (Wildman–Crippen LogP) is 5.76. The Balaban J connectivity index is 0.887. The molecule has 6 rings (SSSR count). The van der Waals surface area contributed by atoms with Crippen LogP contribution in [-0.4, -0.2) is 37.3 Å². The largest absolute Gasteiger partial charge is 0.446 e. The third kappa shape index (κ3) is 5.96. The van der Waals surface area contributed by atoms with Crippen molar-refractivity contribution in [3.63, 3.8) is 0 Å². The fourth-order valence-electron chi connectivity index (χ4n) is 5.76. The number of carbonyl (C=O) groups is 4. The number of benzene rings is 4. The summed E-state index contributed by atoms with van der Waals surface area (Å²) < 4.78 is 10.6. The van der Waals surface area contributed by atoms with Crippen LogP contribution in [0.5, 0.6) is 0 Å². The molecule has 44 heavy (non-hydrogen) atoms. The zero-order chi connectivity index (χ0) is 30.5. The minimum Gasteiger partial charge on any atom is -0.446 e. The summed E-state index contributed by atoms with van der Waals surface area (Å²) in [6.07, 6.45) is -2.71. The minimum absolute atomic E-state index is 0.0469. The summed E-state index contributed by atoms with van der Waals surface area (Å²) in [7, 11) is 0. The number of hydroxylamine groups is 2. The van der Waals surface area contributed by atoms with E-state index in [2.05, 4.69) is 0 Å². The Hall–Kier alpha value is -5.64. The van der Waals surface area contributed by atoms with E-state index in [1.165, 1.54) is 0 Å². The van der Waals surface area contributed by atoms with Crippen LogP contribution in [0.3, 0.4) is 0 Å². The van der Waals surface area contributed by atoms with Gasteiger partial charge in [0.1, 0.15) is 13.2 Å². The van der Waals surface area contributed by atoms with Crippen molar-refractivity contribution in [2.24, 2.45) is 0 Å². The van der Waals surface area contributed by atoms with Crippen molar-refractivity contribution in [1.29, 1.82) is 0 Å². The molecule has 10 heteroatoms. The maximum atomic E-state index is 12.2. The molecule has 0 fully saturated rings. The average molecular weight is 593 g/mol. The van der Waals surface area contributed by atoms with Gasteiger partial charge in [0.05, 0.1) is 12.8 Å². The van der Waals surface area contributed by atoms with Crippen molar-refractivity contribution in [2.45, 2.75) is 24.7 Å². The fraction of sp³-hybridized carbons (Fsp3) is 0.176. The fourth-order valence-corrected chi connectivity index (χ4v) is 5.76. The third-order valence-electron chi connectivity index (χ3n) is 7.72. The molecule has 0 heterocycles. The number of amides is 2. The molecule has 2 aliphatic rings. The van der Waals surface area contributed by atoms with E-state index in [4.69, 9.17) is 19.1 Å². The number of ether oxygens (including phenoxy) is 2. The van der Waals surface area contributed by atoms with Gasteiger partial charge in [-0.25, -0.2) is 19.2 Å². The number of hydrogen-bond acceptors (Lipinski definition) is 8. The molecule has 0 bridgehead atoms. The van der Waals surface area contributed by atoms with E-state index >= 15 is 0 Å². The van der Waals surface area contributed by atoms with Crippen molar-refractivity contribution in [1.82, 2.24) is 11.0 Å². The Morgan fingerprint density at radius 2 is 0.773 bits per heavy atom. The molecule has 0 saturated heterocycles. The van der Waals surface area contributed by atoms with E-state index in [0.29, 0.717) is 0 Å². The van der Waals surface area contributed by atoms with E-state index in [-0.39, 0.29) is 25.0 Å². The highest BCUT2D eigenvalue weighted by Gasteiger charge is 2.30. The number of carbonyl (C=O) groups excluding carboxylic acids is 4.